The van der Waals surface area contributed by atoms with E-state index in [1.54, 1.807) is 45.8 Å². The Kier molecular flexibility index (Phi) is 13.0. The molecule has 1 saturated heterocycles. The summed E-state index contributed by atoms with van der Waals surface area (Å²) in [6, 6.07) is 10.1. The minimum atomic E-state index is -0.393. The predicted octanol–water partition coefficient (Wildman–Crippen LogP) is 5.54. The number of carbonyl (C=O) groups excluding carboxylic acids is 4. The zero-order valence-corrected chi connectivity index (χ0v) is 37.8. The molecule has 0 radical (unpaired) electrons. The van der Waals surface area contributed by atoms with Gasteiger partial charge in [-0.3, -0.25) is 44.1 Å². The molecule has 1 aliphatic carbocycles. The van der Waals surface area contributed by atoms with E-state index in [0.717, 1.165) is 38.4 Å². The van der Waals surface area contributed by atoms with Crippen LogP contribution in [0.15, 0.2) is 48.6 Å². The van der Waals surface area contributed by atoms with Crippen LogP contribution in [0.4, 0.5) is 11.9 Å². The lowest BCUT2D eigenvalue weighted by Crippen LogP contribution is -2.49. The van der Waals surface area contributed by atoms with Crippen LogP contribution in [0.5, 0.6) is 11.5 Å². The summed E-state index contributed by atoms with van der Waals surface area (Å²) in [7, 11) is 0. The fraction of sp³-hybridized carbons (Fsp3) is 0.447. The van der Waals surface area contributed by atoms with Crippen molar-refractivity contribution in [1.29, 1.82) is 0 Å². The van der Waals surface area contributed by atoms with Crippen molar-refractivity contribution >= 4 is 58.0 Å². The highest BCUT2D eigenvalue weighted by Gasteiger charge is 2.28. The fourth-order valence-electron chi connectivity index (χ4n) is 9.17. The summed E-state index contributed by atoms with van der Waals surface area (Å²) in [5.41, 5.74) is 5.01. The van der Waals surface area contributed by atoms with Crippen LogP contribution in [0.2, 0.25) is 0 Å². The van der Waals surface area contributed by atoms with Crippen molar-refractivity contribution in [3.63, 3.8) is 0 Å². The van der Waals surface area contributed by atoms with Crippen LogP contribution in [0.1, 0.15) is 99.0 Å². The first-order valence-corrected chi connectivity index (χ1v) is 22.9. The molecule has 9 rings (SSSR count). The van der Waals surface area contributed by atoms with Crippen molar-refractivity contribution in [2.45, 2.75) is 98.1 Å². The number of ether oxygens (including phenoxy) is 3. The summed E-state index contributed by atoms with van der Waals surface area (Å²) in [5.74, 6) is 0.315. The largest absolute Gasteiger partial charge is 0.490 e. The second-order valence-electron chi connectivity index (χ2n) is 17.0. The van der Waals surface area contributed by atoms with Crippen molar-refractivity contribution in [3.05, 3.63) is 82.5 Å². The van der Waals surface area contributed by atoms with E-state index in [1.807, 2.05) is 49.0 Å². The number of morpholine rings is 1. The maximum absolute atomic E-state index is 14.0. The van der Waals surface area contributed by atoms with Crippen molar-refractivity contribution < 1.29 is 33.4 Å². The second-order valence-corrected chi connectivity index (χ2v) is 17.0. The molecule has 1 unspecified atom stereocenters. The van der Waals surface area contributed by atoms with E-state index in [-0.39, 0.29) is 56.2 Å². The molecule has 2 aromatic carbocycles. The van der Waals surface area contributed by atoms with E-state index >= 15 is 0 Å². The molecule has 1 atom stereocenters. The lowest BCUT2D eigenvalue weighted by molar-refractivity contribution is -0.00548. The fourth-order valence-corrected chi connectivity index (χ4v) is 9.17. The molecule has 3 N–H and O–H groups in total. The van der Waals surface area contributed by atoms with Gasteiger partial charge in [-0.25, -0.2) is 9.97 Å². The average Bonchev–Trinajstić information content (AvgIpc) is 4.09. The van der Waals surface area contributed by atoms with Gasteiger partial charge in [0.2, 0.25) is 11.9 Å². The Morgan fingerprint density at radius 2 is 1.26 bits per heavy atom. The van der Waals surface area contributed by atoms with Gasteiger partial charge in [-0.05, 0) is 76.9 Å². The summed E-state index contributed by atoms with van der Waals surface area (Å²) < 4.78 is 26.3. The molecule has 6 aromatic rings. The molecule has 3 amide bonds. The van der Waals surface area contributed by atoms with E-state index in [9.17, 15) is 19.2 Å². The van der Waals surface area contributed by atoms with Crippen molar-refractivity contribution in [2.24, 2.45) is 0 Å². The lowest BCUT2D eigenvalue weighted by atomic mass is 9.95. The number of aromatic nitrogens is 8. The number of nitrogens with zero attached hydrogens (tertiary/aromatic N) is 9. The minimum Gasteiger partial charge on any atom is -0.490 e. The molecular weight excluding hydrogens is 845 g/mol. The number of hydrogen-bond acceptors (Lipinski definition) is 12. The molecule has 2 aliphatic heterocycles. The van der Waals surface area contributed by atoms with Crippen LogP contribution in [-0.4, -0.2) is 119 Å². The third-order valence-corrected chi connectivity index (χ3v) is 12.5. The van der Waals surface area contributed by atoms with Crippen LogP contribution in [0.25, 0.3) is 22.1 Å². The first kappa shape index (κ1) is 44.3. The first-order valence-electron chi connectivity index (χ1n) is 22.9. The molecule has 2 fully saturated rings. The molecule has 6 heterocycles. The number of nitrogens with one attached hydrogen (secondary N) is 3. The Morgan fingerprint density at radius 1 is 0.712 bits per heavy atom. The number of rotatable bonds is 10. The van der Waals surface area contributed by atoms with Gasteiger partial charge in [0, 0.05) is 56.4 Å². The van der Waals surface area contributed by atoms with Gasteiger partial charge in [0.1, 0.15) is 53.4 Å². The summed E-state index contributed by atoms with van der Waals surface area (Å²) in [6.45, 7) is 11.5. The Bertz CT molecular complexity index is 2820. The van der Waals surface area contributed by atoms with E-state index in [1.165, 1.54) is 0 Å². The average molecular weight is 901 g/mol. The van der Waals surface area contributed by atoms with Crippen molar-refractivity contribution in [2.75, 3.05) is 50.2 Å². The molecule has 0 spiro atoms. The Labute approximate surface area is 381 Å². The Balaban J connectivity index is 1.16. The number of benzene rings is 2. The van der Waals surface area contributed by atoms with Crippen LogP contribution in [-0.2, 0) is 30.9 Å². The minimum absolute atomic E-state index is 0.0746. The molecule has 346 valence electrons. The van der Waals surface area contributed by atoms with Gasteiger partial charge < -0.3 is 28.7 Å². The topological polar surface area (TPSA) is 207 Å². The van der Waals surface area contributed by atoms with Crippen molar-refractivity contribution in [3.8, 4) is 11.5 Å². The summed E-state index contributed by atoms with van der Waals surface area (Å²) in [4.78, 5) is 66.4. The van der Waals surface area contributed by atoms with E-state index in [0.29, 0.717) is 107 Å². The highest BCUT2D eigenvalue weighted by atomic mass is 16.5. The van der Waals surface area contributed by atoms with E-state index in [4.69, 9.17) is 24.2 Å². The summed E-state index contributed by atoms with van der Waals surface area (Å²) in [6.07, 6.45) is 9.72. The number of anilines is 2. The number of amides is 3. The third kappa shape index (κ3) is 9.17. The molecule has 66 heavy (non-hydrogen) atoms. The quantitative estimate of drug-likeness (QED) is 0.114. The van der Waals surface area contributed by atoms with Crippen LogP contribution >= 0.6 is 0 Å². The Hall–Kier alpha value is -6.86. The monoisotopic (exact) mass is 900 g/mol. The third-order valence-electron chi connectivity index (χ3n) is 12.5. The van der Waals surface area contributed by atoms with Gasteiger partial charge in [-0.2, -0.15) is 10.2 Å². The van der Waals surface area contributed by atoms with Crippen molar-refractivity contribution in [1.82, 2.24) is 48.9 Å². The number of carbonyl (C=O) groups is 4. The normalized spacial score (nSPS) is 17.9. The van der Waals surface area contributed by atoms with Crippen LogP contribution in [0.3, 0.4) is 0 Å². The maximum Gasteiger partial charge on any atom is 0.276 e. The van der Waals surface area contributed by atoms with Gasteiger partial charge in [0.15, 0.2) is 0 Å². The zero-order valence-electron chi connectivity index (χ0n) is 37.8. The number of hydrogen-bond donors (Lipinski definition) is 3. The first-order chi connectivity index (χ1) is 32.1. The molecule has 19 heteroatoms. The molecule has 3 aliphatic rings. The zero-order chi connectivity index (χ0) is 45.9. The molecule has 1 saturated carbocycles. The Morgan fingerprint density at radius 3 is 1.80 bits per heavy atom. The number of aryl methyl sites for hydroxylation is 4. The highest BCUT2D eigenvalue weighted by Crippen LogP contribution is 2.34. The number of allylic oxidation sites excluding steroid dienone is 2. The molecule has 4 aromatic heterocycles. The number of aldehydes is 1. The standard InChI is InChI=1S/C47H56N12O7/c1-5-58-37(20-29(3)53-58)44(62)51-46-49-35-22-31(26-60)23-39-41(35)56(46)14-10-11-15-57-42-36(50-47(57)52-45(63)38-21-30(4)54-59(38)6-2)24-32(43(61)48-33-12-8-7-9-13-33)25-40(42)66-28-34(27-65-39)55-16-18-64-19-17-55/h10-11,20-26,33-34H,5-9,12-19,27-28H2,1-4H3,(H,48,61)(H,49,51,62)(H,50,52,63)/b11-10+. The van der Waals surface area contributed by atoms with Gasteiger partial charge in [-0.1, -0.05) is 31.4 Å². The molecular formula is C47H56N12O7. The van der Waals surface area contributed by atoms with Gasteiger partial charge in [0.25, 0.3) is 17.7 Å². The summed E-state index contributed by atoms with van der Waals surface area (Å²) >= 11 is 0. The smallest absolute Gasteiger partial charge is 0.276 e. The molecule has 0 bridgehead atoms. The second kappa shape index (κ2) is 19.3. The predicted molar refractivity (Wildman–Crippen MR) is 247 cm³/mol. The van der Waals surface area contributed by atoms with Gasteiger partial charge in [0.05, 0.1) is 41.7 Å². The maximum atomic E-state index is 14.0. The lowest BCUT2D eigenvalue weighted by Gasteiger charge is -2.34. The van der Waals surface area contributed by atoms with Crippen LogP contribution in [0, 0.1) is 13.8 Å². The van der Waals surface area contributed by atoms with Crippen LogP contribution < -0.4 is 25.4 Å². The summed E-state index contributed by atoms with van der Waals surface area (Å²) in [5, 5.41) is 18.2. The van der Waals surface area contributed by atoms with E-state index in [2.05, 4.69) is 31.0 Å². The van der Waals surface area contributed by atoms with Gasteiger partial charge in [-0.15, -0.1) is 0 Å². The molecule has 19 nitrogen and oxygen atoms in total. The van der Waals surface area contributed by atoms with Gasteiger partial charge >= 0.3 is 0 Å². The SMILES string of the molecule is CCn1nc(C)cc1C(=O)Nc1nc2cc(C=O)cc3c2n1C/C=C/Cn1c(NC(=O)c2cc(C)nn2CC)nc2cc(C(=O)NC4CCCCC4)cc(c21)OCC(N1CCOCC1)CO3. The number of imidazole rings is 2. The highest BCUT2D eigenvalue weighted by molar-refractivity contribution is 6.05. The van der Waals surface area contributed by atoms with E-state index < -0.39 is 11.8 Å².